The Morgan fingerprint density at radius 1 is 1.25 bits per heavy atom. The molecule has 2 N–H and O–H groups in total. The molecule has 0 aromatic carbocycles. The lowest BCUT2D eigenvalue weighted by atomic mass is 9.66. The molecule has 180 valence electrons. The Balaban J connectivity index is 1.55. The molecule has 10 nitrogen and oxygen atoms in total. The molecule has 1 spiro atoms. The number of amides is 2. The molecule has 2 unspecified atom stereocenters. The van der Waals surface area contributed by atoms with E-state index in [2.05, 4.69) is 10.2 Å². The minimum atomic E-state index is -1.04. The number of carbonyl (C=O) groups is 3. The van der Waals surface area contributed by atoms with Crippen LogP contribution in [0.25, 0.3) is 0 Å². The van der Waals surface area contributed by atoms with E-state index in [1.54, 1.807) is 6.92 Å². The standard InChI is InChI=1S/C22H35N3O7/c1-3-31-20(29)16-15-19(28)25(8-4-12-26)17(22(15)6-5-21(16,2)32-22)18(27)23-7-9-24-10-13-30-14-11-24/h15-17,26H,3-14H2,1-2H3,(H,23,27)/t15-,16+,17?,21-,22?/m0/s1. The molecule has 0 saturated carbocycles. The number of morpholine rings is 1. The monoisotopic (exact) mass is 453 g/mol. The van der Waals surface area contributed by atoms with E-state index in [9.17, 15) is 19.5 Å². The van der Waals surface area contributed by atoms with Crippen molar-refractivity contribution in [3.63, 3.8) is 0 Å². The molecular formula is C22H35N3O7. The maximum absolute atomic E-state index is 13.5. The van der Waals surface area contributed by atoms with E-state index in [1.165, 1.54) is 4.90 Å². The highest BCUT2D eigenvalue weighted by molar-refractivity contribution is 5.98. The van der Waals surface area contributed by atoms with E-state index in [1.807, 2.05) is 6.92 Å². The first-order valence-corrected chi connectivity index (χ1v) is 11.7. The Morgan fingerprint density at radius 2 is 2.00 bits per heavy atom. The molecule has 4 aliphatic rings. The van der Waals surface area contributed by atoms with Gasteiger partial charge in [-0.15, -0.1) is 0 Å². The molecule has 4 saturated heterocycles. The van der Waals surface area contributed by atoms with Gasteiger partial charge >= 0.3 is 5.97 Å². The summed E-state index contributed by atoms with van der Waals surface area (Å²) in [7, 11) is 0. The third-order valence-corrected chi connectivity index (χ3v) is 7.45. The first-order valence-electron chi connectivity index (χ1n) is 11.7. The highest BCUT2D eigenvalue weighted by Crippen LogP contribution is 2.63. The van der Waals surface area contributed by atoms with Crippen molar-refractivity contribution in [2.45, 2.75) is 50.4 Å². The van der Waals surface area contributed by atoms with Crippen LogP contribution in [0, 0.1) is 11.8 Å². The molecule has 0 radical (unpaired) electrons. The molecule has 0 aromatic heterocycles. The lowest BCUT2D eigenvalue weighted by Crippen LogP contribution is -2.56. The van der Waals surface area contributed by atoms with E-state index >= 15 is 0 Å². The number of nitrogens with zero attached hydrogens (tertiary/aromatic N) is 2. The van der Waals surface area contributed by atoms with Crippen molar-refractivity contribution in [3.8, 4) is 0 Å². The van der Waals surface area contributed by atoms with Crippen molar-refractivity contribution in [1.29, 1.82) is 0 Å². The number of carbonyl (C=O) groups excluding carboxylic acids is 3. The van der Waals surface area contributed by atoms with Crippen LogP contribution in [0.15, 0.2) is 0 Å². The molecule has 4 heterocycles. The largest absolute Gasteiger partial charge is 0.466 e. The maximum atomic E-state index is 13.5. The van der Waals surface area contributed by atoms with Gasteiger partial charge in [0.05, 0.1) is 31.3 Å². The number of aliphatic hydroxyl groups is 1. The molecule has 10 heteroatoms. The summed E-state index contributed by atoms with van der Waals surface area (Å²) in [4.78, 5) is 43.5. The second-order valence-electron chi connectivity index (χ2n) is 9.33. The predicted octanol–water partition coefficient (Wildman–Crippen LogP) is -0.855. The zero-order valence-electron chi connectivity index (χ0n) is 19.0. The topological polar surface area (TPSA) is 118 Å². The number of ether oxygens (including phenoxy) is 3. The molecular weight excluding hydrogens is 418 g/mol. The third-order valence-electron chi connectivity index (χ3n) is 7.45. The summed E-state index contributed by atoms with van der Waals surface area (Å²) in [5.41, 5.74) is -1.86. The second kappa shape index (κ2) is 9.24. The third kappa shape index (κ3) is 3.81. The quantitative estimate of drug-likeness (QED) is 0.434. The van der Waals surface area contributed by atoms with Crippen molar-refractivity contribution < 1.29 is 33.7 Å². The van der Waals surface area contributed by atoms with Gasteiger partial charge in [0.2, 0.25) is 11.8 Å². The Bertz CT molecular complexity index is 743. The van der Waals surface area contributed by atoms with Gasteiger partial charge in [0.1, 0.15) is 17.6 Å². The van der Waals surface area contributed by atoms with Crippen LogP contribution in [0.2, 0.25) is 0 Å². The number of likely N-dealkylation sites (tertiary alicyclic amines) is 1. The van der Waals surface area contributed by atoms with Crippen LogP contribution in [0.1, 0.15) is 33.1 Å². The van der Waals surface area contributed by atoms with Crippen LogP contribution < -0.4 is 5.32 Å². The van der Waals surface area contributed by atoms with E-state index < -0.39 is 35.0 Å². The zero-order chi connectivity index (χ0) is 22.9. The summed E-state index contributed by atoms with van der Waals surface area (Å²) in [6.45, 7) is 8.14. The summed E-state index contributed by atoms with van der Waals surface area (Å²) < 4.78 is 17.1. The molecule has 0 aliphatic carbocycles. The fourth-order valence-electron chi connectivity index (χ4n) is 6.06. The molecule has 5 atom stereocenters. The zero-order valence-corrected chi connectivity index (χ0v) is 19.0. The van der Waals surface area contributed by atoms with Crippen LogP contribution >= 0.6 is 0 Å². The van der Waals surface area contributed by atoms with Gasteiger partial charge in [-0.1, -0.05) is 0 Å². The number of aliphatic hydroxyl groups excluding tert-OH is 1. The van der Waals surface area contributed by atoms with Crippen molar-refractivity contribution >= 4 is 17.8 Å². The van der Waals surface area contributed by atoms with Crippen LogP contribution in [-0.4, -0.2) is 109 Å². The Hall–Kier alpha value is -1.75. The Labute approximate surface area is 188 Å². The minimum Gasteiger partial charge on any atom is -0.466 e. The fourth-order valence-corrected chi connectivity index (χ4v) is 6.06. The maximum Gasteiger partial charge on any atom is 0.312 e. The van der Waals surface area contributed by atoms with Gasteiger partial charge in [0.25, 0.3) is 0 Å². The van der Waals surface area contributed by atoms with Crippen LogP contribution in [0.5, 0.6) is 0 Å². The number of hydrogen-bond acceptors (Lipinski definition) is 8. The smallest absolute Gasteiger partial charge is 0.312 e. The lowest BCUT2D eigenvalue weighted by Gasteiger charge is -2.33. The summed E-state index contributed by atoms with van der Waals surface area (Å²) in [5, 5.41) is 12.3. The van der Waals surface area contributed by atoms with Crippen LogP contribution in [0.4, 0.5) is 0 Å². The SMILES string of the molecule is CCOC(=O)[C@H]1[C@H]2C(=O)N(CCCO)C(C(=O)NCCN3CCOCC3)C23CC[C@]1(C)O3. The van der Waals surface area contributed by atoms with Gasteiger partial charge in [-0.25, -0.2) is 0 Å². The number of hydrogen-bond donors (Lipinski definition) is 2. The lowest BCUT2D eigenvalue weighted by molar-refractivity contribution is -0.159. The Morgan fingerprint density at radius 3 is 2.69 bits per heavy atom. The van der Waals surface area contributed by atoms with Gasteiger partial charge in [-0.05, 0) is 33.1 Å². The van der Waals surface area contributed by atoms with Crippen molar-refractivity contribution in [2.24, 2.45) is 11.8 Å². The van der Waals surface area contributed by atoms with Crippen molar-refractivity contribution in [2.75, 3.05) is 59.2 Å². The van der Waals surface area contributed by atoms with Gasteiger partial charge in [-0.2, -0.15) is 0 Å². The van der Waals surface area contributed by atoms with Crippen molar-refractivity contribution in [3.05, 3.63) is 0 Å². The number of esters is 1. The number of rotatable bonds is 9. The highest BCUT2D eigenvalue weighted by atomic mass is 16.6. The molecule has 2 bridgehead atoms. The second-order valence-corrected chi connectivity index (χ2v) is 9.33. The summed E-state index contributed by atoms with van der Waals surface area (Å²) in [6, 6.07) is -0.822. The number of fused-ring (bicyclic) bond motifs is 1. The molecule has 4 aliphatic heterocycles. The minimum absolute atomic E-state index is 0.0906. The molecule has 4 fully saturated rings. The molecule has 4 rings (SSSR count). The number of nitrogens with one attached hydrogen (secondary N) is 1. The molecule has 32 heavy (non-hydrogen) atoms. The van der Waals surface area contributed by atoms with E-state index in [-0.39, 0.29) is 31.6 Å². The van der Waals surface area contributed by atoms with Crippen LogP contribution in [-0.2, 0) is 28.6 Å². The first kappa shape index (κ1) is 23.4. The van der Waals surface area contributed by atoms with E-state index in [0.717, 1.165) is 13.1 Å². The first-order chi connectivity index (χ1) is 15.4. The van der Waals surface area contributed by atoms with Gasteiger partial charge < -0.3 is 29.5 Å². The Kier molecular flexibility index (Phi) is 6.76. The van der Waals surface area contributed by atoms with Crippen LogP contribution in [0.3, 0.4) is 0 Å². The predicted molar refractivity (Wildman–Crippen MR) is 113 cm³/mol. The van der Waals surface area contributed by atoms with Gasteiger partial charge in [-0.3, -0.25) is 19.3 Å². The summed E-state index contributed by atoms with van der Waals surface area (Å²) in [6.07, 6.45) is 1.48. The van der Waals surface area contributed by atoms with E-state index in [0.29, 0.717) is 45.6 Å². The normalized spacial score (nSPS) is 36.4. The molecule has 2 amide bonds. The fraction of sp³-hybridized carbons (Fsp3) is 0.864. The summed E-state index contributed by atoms with van der Waals surface area (Å²) >= 11 is 0. The average molecular weight is 454 g/mol. The van der Waals surface area contributed by atoms with Gasteiger partial charge in [0.15, 0.2) is 0 Å². The average Bonchev–Trinajstić information content (AvgIpc) is 3.34. The van der Waals surface area contributed by atoms with E-state index in [4.69, 9.17) is 14.2 Å². The van der Waals surface area contributed by atoms with Crippen molar-refractivity contribution in [1.82, 2.24) is 15.1 Å². The summed E-state index contributed by atoms with van der Waals surface area (Å²) in [5.74, 6) is -2.43. The highest BCUT2D eigenvalue weighted by Gasteiger charge is 2.78. The van der Waals surface area contributed by atoms with Gasteiger partial charge in [0, 0.05) is 39.3 Å². The molecule has 0 aromatic rings.